The molecule has 1 N–H and O–H groups in total. The molecule has 37 heavy (non-hydrogen) atoms. The zero-order valence-corrected chi connectivity index (χ0v) is 22.6. The molecule has 0 spiro atoms. The highest BCUT2D eigenvalue weighted by Gasteiger charge is 2.29. The van der Waals surface area contributed by atoms with Crippen molar-refractivity contribution < 1.29 is 9.47 Å². The number of methoxy groups -OCH3 is 1. The lowest BCUT2D eigenvalue weighted by Gasteiger charge is -2.44. The predicted octanol–water partition coefficient (Wildman–Crippen LogP) is 3.61. The molecule has 0 radical (unpaired) electrons. The van der Waals surface area contributed by atoms with Crippen LogP contribution in [0.4, 0.5) is 5.82 Å². The first kappa shape index (κ1) is 24.7. The van der Waals surface area contributed by atoms with E-state index in [1.54, 1.807) is 7.11 Å². The van der Waals surface area contributed by atoms with Crippen LogP contribution in [0.25, 0.3) is 32.5 Å². The maximum Gasteiger partial charge on any atom is 0.162 e. The van der Waals surface area contributed by atoms with Crippen LogP contribution < -0.4 is 4.90 Å². The topological polar surface area (TPSA) is 82.6 Å². The van der Waals surface area contributed by atoms with Gasteiger partial charge >= 0.3 is 0 Å². The minimum atomic E-state index is 0.499. The maximum atomic E-state index is 5.64. The van der Waals surface area contributed by atoms with Crippen LogP contribution in [-0.2, 0) is 16.0 Å². The molecule has 0 saturated carbocycles. The molecule has 5 heterocycles. The number of benzene rings is 1. The second-order valence-electron chi connectivity index (χ2n) is 10.2. The average Bonchev–Trinajstić information content (AvgIpc) is 3.55. The molecule has 2 fully saturated rings. The molecule has 10 heteroatoms. The molecular weight excluding hydrogens is 486 g/mol. The number of hydrogen-bond donors (Lipinski definition) is 1. The van der Waals surface area contributed by atoms with Gasteiger partial charge in [-0.05, 0) is 26.0 Å². The summed E-state index contributed by atoms with van der Waals surface area (Å²) in [4.78, 5) is 19.1. The number of aromatic nitrogens is 4. The Morgan fingerprint density at radius 3 is 2.73 bits per heavy atom. The molecule has 4 aromatic rings. The van der Waals surface area contributed by atoms with Crippen LogP contribution in [0, 0.1) is 0 Å². The van der Waals surface area contributed by atoms with Gasteiger partial charge in [-0.25, -0.2) is 9.97 Å². The first-order valence-corrected chi connectivity index (χ1v) is 13.9. The number of nitrogens with zero attached hydrogens (tertiary/aromatic N) is 6. The normalized spacial score (nSPS) is 21.9. The van der Waals surface area contributed by atoms with Crippen molar-refractivity contribution in [1.29, 1.82) is 0 Å². The number of thiophene rings is 1. The highest BCUT2D eigenvalue weighted by Crippen LogP contribution is 2.36. The molecule has 196 valence electrons. The Hall–Kier alpha value is -2.63. The Bertz CT molecular complexity index is 1350. The fourth-order valence-electron chi connectivity index (χ4n) is 5.77. The van der Waals surface area contributed by atoms with Gasteiger partial charge in [0.05, 0.1) is 41.8 Å². The number of rotatable bonds is 7. The second-order valence-corrected chi connectivity index (χ2v) is 11.3. The summed E-state index contributed by atoms with van der Waals surface area (Å²) in [7, 11) is 1.78. The summed E-state index contributed by atoms with van der Waals surface area (Å²) in [6.07, 6.45) is 1.86. The summed E-state index contributed by atoms with van der Waals surface area (Å²) in [6, 6.07) is 9.43. The minimum absolute atomic E-state index is 0.499. The number of anilines is 1. The first-order chi connectivity index (χ1) is 18.1. The monoisotopic (exact) mass is 521 g/mol. The third kappa shape index (κ3) is 4.96. The lowest BCUT2D eigenvalue weighted by molar-refractivity contribution is 0.0182. The van der Waals surface area contributed by atoms with Gasteiger partial charge in [-0.1, -0.05) is 12.1 Å². The molecule has 2 saturated heterocycles. The summed E-state index contributed by atoms with van der Waals surface area (Å²) in [5.41, 5.74) is 3.02. The van der Waals surface area contributed by atoms with Crippen LogP contribution in [0.1, 0.15) is 18.7 Å². The Labute approximate surface area is 221 Å². The smallest absolute Gasteiger partial charge is 0.162 e. The van der Waals surface area contributed by atoms with Crippen molar-refractivity contribution >= 4 is 38.3 Å². The minimum Gasteiger partial charge on any atom is -0.383 e. The standard InChI is InChI=1S/C27H35N7O2S/c1-18-15-32(16-19(2)34(18)9-10-35-3)17-20-13-24-25(37-20)27(33-7-11-36-12-8-33)30-26(29-24)21-5-4-6-23-22(21)14-28-31-23/h4-6,13-14,18-19H,7-12,15-17H2,1-3H3,(H,28,31)/t18-,19+. The molecule has 6 rings (SSSR count). The van der Waals surface area contributed by atoms with E-state index in [9.17, 15) is 0 Å². The molecule has 1 aromatic carbocycles. The average molecular weight is 522 g/mol. The van der Waals surface area contributed by atoms with Crippen molar-refractivity contribution in [3.05, 3.63) is 35.3 Å². The highest BCUT2D eigenvalue weighted by atomic mass is 32.1. The molecule has 2 aliphatic rings. The number of morpholine rings is 1. The van der Waals surface area contributed by atoms with Crippen molar-refractivity contribution in [2.45, 2.75) is 32.5 Å². The van der Waals surface area contributed by atoms with Crippen molar-refractivity contribution in [3.63, 3.8) is 0 Å². The molecule has 2 atom stereocenters. The second kappa shape index (κ2) is 10.6. The molecule has 0 bridgehead atoms. The highest BCUT2D eigenvalue weighted by molar-refractivity contribution is 7.19. The van der Waals surface area contributed by atoms with E-state index in [1.165, 1.54) is 9.58 Å². The fraction of sp³-hybridized carbons (Fsp3) is 0.519. The number of piperazine rings is 1. The Kier molecular flexibility index (Phi) is 7.09. The Balaban J connectivity index is 1.33. The summed E-state index contributed by atoms with van der Waals surface area (Å²) in [5.74, 6) is 1.77. The number of H-pyrrole nitrogens is 1. The number of ether oxygens (including phenoxy) is 2. The third-order valence-corrected chi connectivity index (χ3v) is 8.66. The lowest BCUT2D eigenvalue weighted by atomic mass is 10.1. The number of fused-ring (bicyclic) bond motifs is 2. The zero-order chi connectivity index (χ0) is 25.4. The van der Waals surface area contributed by atoms with Crippen molar-refractivity contribution in [1.82, 2.24) is 30.0 Å². The third-order valence-electron chi connectivity index (χ3n) is 7.55. The van der Waals surface area contributed by atoms with Crippen molar-refractivity contribution in [3.8, 4) is 11.4 Å². The molecule has 0 amide bonds. The number of nitrogens with one attached hydrogen (secondary N) is 1. The summed E-state index contributed by atoms with van der Waals surface area (Å²) >= 11 is 1.84. The van der Waals surface area contributed by atoms with E-state index in [2.05, 4.69) is 50.9 Å². The Morgan fingerprint density at radius 1 is 1.14 bits per heavy atom. The van der Waals surface area contributed by atoms with Gasteiger partial charge in [0.1, 0.15) is 0 Å². The molecule has 2 aliphatic heterocycles. The number of hydrogen-bond acceptors (Lipinski definition) is 9. The zero-order valence-electron chi connectivity index (χ0n) is 21.8. The number of aromatic amines is 1. The van der Waals surface area contributed by atoms with Gasteiger partial charge in [0.25, 0.3) is 0 Å². The van der Waals surface area contributed by atoms with E-state index in [0.29, 0.717) is 12.1 Å². The van der Waals surface area contributed by atoms with Crippen LogP contribution in [0.15, 0.2) is 30.5 Å². The van der Waals surface area contributed by atoms with Crippen LogP contribution >= 0.6 is 11.3 Å². The van der Waals surface area contributed by atoms with Crippen molar-refractivity contribution in [2.24, 2.45) is 0 Å². The molecule has 9 nitrogen and oxygen atoms in total. The van der Waals surface area contributed by atoms with E-state index in [1.807, 2.05) is 29.7 Å². The van der Waals surface area contributed by atoms with Gasteiger partial charge in [0.2, 0.25) is 0 Å². The van der Waals surface area contributed by atoms with Gasteiger partial charge in [0, 0.05) is 74.3 Å². The predicted molar refractivity (Wildman–Crippen MR) is 148 cm³/mol. The van der Waals surface area contributed by atoms with E-state index in [0.717, 1.165) is 92.7 Å². The fourth-order valence-corrected chi connectivity index (χ4v) is 6.92. The van der Waals surface area contributed by atoms with E-state index < -0.39 is 0 Å². The summed E-state index contributed by atoms with van der Waals surface area (Å²) < 4.78 is 12.1. The van der Waals surface area contributed by atoms with Crippen LogP contribution in [0.2, 0.25) is 0 Å². The molecule has 0 unspecified atom stereocenters. The lowest BCUT2D eigenvalue weighted by Crippen LogP contribution is -2.56. The van der Waals surface area contributed by atoms with Gasteiger partial charge in [-0.2, -0.15) is 5.10 Å². The quantitative estimate of drug-likeness (QED) is 0.395. The van der Waals surface area contributed by atoms with Crippen molar-refractivity contribution in [2.75, 3.05) is 64.6 Å². The van der Waals surface area contributed by atoms with Gasteiger partial charge in [-0.15, -0.1) is 11.3 Å². The molecule has 3 aromatic heterocycles. The van der Waals surface area contributed by atoms with E-state index >= 15 is 0 Å². The van der Waals surface area contributed by atoms with Gasteiger partial charge in [0.15, 0.2) is 11.6 Å². The van der Waals surface area contributed by atoms with Crippen LogP contribution in [0.3, 0.4) is 0 Å². The van der Waals surface area contributed by atoms with Gasteiger partial charge in [-0.3, -0.25) is 14.9 Å². The maximum absolute atomic E-state index is 5.64. The summed E-state index contributed by atoms with van der Waals surface area (Å²) in [5, 5.41) is 8.35. The molecule has 0 aliphatic carbocycles. The SMILES string of the molecule is COCCN1[C@H](C)CN(Cc2cc3nc(-c4cccc5[nH]ncc45)nc(N4CCOCC4)c3s2)C[C@@H]1C. The summed E-state index contributed by atoms with van der Waals surface area (Å²) in [6.45, 7) is 12.6. The largest absolute Gasteiger partial charge is 0.383 e. The molecular formula is C27H35N7O2S. The van der Waals surface area contributed by atoms with E-state index in [-0.39, 0.29) is 0 Å². The Morgan fingerprint density at radius 2 is 1.95 bits per heavy atom. The van der Waals surface area contributed by atoms with Gasteiger partial charge < -0.3 is 14.4 Å². The van der Waals surface area contributed by atoms with Crippen LogP contribution in [0.5, 0.6) is 0 Å². The van der Waals surface area contributed by atoms with Crippen LogP contribution in [-0.4, -0.2) is 102 Å². The first-order valence-electron chi connectivity index (χ1n) is 13.1. The van der Waals surface area contributed by atoms with E-state index in [4.69, 9.17) is 19.4 Å².